The summed E-state index contributed by atoms with van der Waals surface area (Å²) in [7, 11) is 0. The average Bonchev–Trinajstić information content (AvgIpc) is 1.61. The van der Waals surface area contributed by atoms with Crippen LogP contribution in [0.15, 0.2) is 0 Å². The van der Waals surface area contributed by atoms with Crippen LogP contribution in [-0.4, -0.2) is 53.8 Å². The number of ether oxygens (including phenoxy) is 1. The molecule has 0 atom stereocenters. The monoisotopic (exact) mass is 128 g/mol. The molecule has 0 heterocycles. The van der Waals surface area contributed by atoms with Crippen molar-refractivity contribution in [2.24, 2.45) is 0 Å². The van der Waals surface area contributed by atoms with Gasteiger partial charge in [-0.1, -0.05) is 0 Å². The van der Waals surface area contributed by atoms with E-state index in [1.165, 1.54) is 6.92 Å². The average molecular weight is 128 g/mol. The van der Waals surface area contributed by atoms with Crippen LogP contribution in [-0.2, 0) is 9.53 Å². The Balaban J connectivity index is 0. The molecule has 0 aliphatic heterocycles. The summed E-state index contributed by atoms with van der Waals surface area (Å²) in [6, 6.07) is 0. The first-order chi connectivity index (χ1) is 3.27. The molecule has 0 bridgehead atoms. The number of carbonyl (C=O) groups excluding carboxylic acids is 1. The molecule has 0 aromatic heterocycles. The van der Waals surface area contributed by atoms with Crippen molar-refractivity contribution < 1.29 is 14.6 Å². The van der Waals surface area contributed by atoms with Crippen molar-refractivity contribution in [2.45, 2.75) is 6.92 Å². The van der Waals surface area contributed by atoms with Gasteiger partial charge in [-0.2, -0.15) is 0 Å². The van der Waals surface area contributed by atoms with Crippen molar-refractivity contribution in [2.75, 3.05) is 13.2 Å². The molecular formula is C4H9NaO3. The number of hydrogen-bond donors (Lipinski definition) is 1. The minimum absolute atomic E-state index is 0. The number of esters is 1. The number of aliphatic hydroxyl groups is 1. The van der Waals surface area contributed by atoms with Gasteiger partial charge in [0.25, 0.3) is 0 Å². The fourth-order valence-electron chi connectivity index (χ4n) is 0.189. The summed E-state index contributed by atoms with van der Waals surface area (Å²) in [5.74, 6) is -0.353. The van der Waals surface area contributed by atoms with Crippen molar-refractivity contribution in [3.05, 3.63) is 0 Å². The van der Waals surface area contributed by atoms with E-state index in [2.05, 4.69) is 4.74 Å². The Morgan fingerprint density at radius 1 is 1.75 bits per heavy atom. The van der Waals surface area contributed by atoms with E-state index in [1.807, 2.05) is 0 Å². The van der Waals surface area contributed by atoms with Gasteiger partial charge in [0.15, 0.2) is 0 Å². The molecular weight excluding hydrogens is 119 g/mol. The Kier molecular flexibility index (Phi) is 10.5. The second-order valence-corrected chi connectivity index (χ2v) is 1.06. The Hall–Kier alpha value is 0.430. The molecule has 0 rings (SSSR count). The molecule has 0 saturated heterocycles. The van der Waals surface area contributed by atoms with Crippen LogP contribution < -0.4 is 0 Å². The van der Waals surface area contributed by atoms with Crippen molar-refractivity contribution in [3.8, 4) is 0 Å². The standard InChI is InChI=1S/C4H8O3.Na.H/c1-4(6)7-3-2-5;;/h5H,2-3H2,1H3;;. The van der Waals surface area contributed by atoms with Gasteiger partial charge in [0.2, 0.25) is 0 Å². The van der Waals surface area contributed by atoms with E-state index in [0.29, 0.717) is 0 Å². The van der Waals surface area contributed by atoms with Crippen LogP contribution in [0.25, 0.3) is 0 Å². The predicted octanol–water partition coefficient (Wildman–Crippen LogP) is -1.11. The van der Waals surface area contributed by atoms with Crippen LogP contribution in [0.2, 0.25) is 0 Å². The molecule has 0 aliphatic carbocycles. The second kappa shape index (κ2) is 7.43. The third kappa shape index (κ3) is 9.66. The summed E-state index contributed by atoms with van der Waals surface area (Å²) in [6.07, 6.45) is 0. The Labute approximate surface area is 70.3 Å². The number of rotatable bonds is 2. The molecule has 0 fully saturated rings. The molecule has 0 spiro atoms. The van der Waals surface area contributed by atoms with E-state index >= 15 is 0 Å². The van der Waals surface area contributed by atoms with Crippen molar-refractivity contribution in [1.82, 2.24) is 0 Å². The van der Waals surface area contributed by atoms with Crippen LogP contribution in [0.3, 0.4) is 0 Å². The van der Waals surface area contributed by atoms with Crippen molar-refractivity contribution in [1.29, 1.82) is 0 Å². The zero-order chi connectivity index (χ0) is 5.70. The van der Waals surface area contributed by atoms with Crippen LogP contribution in [0.5, 0.6) is 0 Å². The summed E-state index contributed by atoms with van der Waals surface area (Å²) in [4.78, 5) is 9.87. The topological polar surface area (TPSA) is 46.5 Å². The summed E-state index contributed by atoms with van der Waals surface area (Å²) in [5.41, 5.74) is 0. The molecule has 1 N–H and O–H groups in total. The Bertz CT molecular complexity index is 64.3. The van der Waals surface area contributed by atoms with Gasteiger partial charge in [-0.05, 0) is 0 Å². The van der Waals surface area contributed by atoms with Gasteiger partial charge in [0.05, 0.1) is 6.61 Å². The van der Waals surface area contributed by atoms with Crippen molar-refractivity contribution >= 4 is 35.5 Å². The molecule has 0 aromatic carbocycles. The van der Waals surface area contributed by atoms with E-state index < -0.39 is 0 Å². The molecule has 0 saturated carbocycles. The van der Waals surface area contributed by atoms with Crippen LogP contribution in [0, 0.1) is 0 Å². The maximum absolute atomic E-state index is 9.87. The van der Waals surface area contributed by atoms with Gasteiger partial charge in [-0.3, -0.25) is 4.79 Å². The minimum atomic E-state index is -0.353. The fraction of sp³-hybridized carbons (Fsp3) is 0.750. The summed E-state index contributed by atoms with van der Waals surface area (Å²) < 4.78 is 4.30. The zero-order valence-electron chi connectivity index (χ0n) is 4.18. The molecule has 44 valence electrons. The van der Waals surface area contributed by atoms with Crippen LogP contribution in [0.4, 0.5) is 0 Å². The van der Waals surface area contributed by atoms with Crippen LogP contribution >= 0.6 is 0 Å². The molecule has 4 heteroatoms. The van der Waals surface area contributed by atoms with Gasteiger partial charge in [0, 0.05) is 6.92 Å². The zero-order valence-corrected chi connectivity index (χ0v) is 4.18. The second-order valence-electron chi connectivity index (χ2n) is 1.06. The molecule has 0 aromatic rings. The molecule has 3 nitrogen and oxygen atoms in total. The van der Waals surface area contributed by atoms with E-state index in [9.17, 15) is 4.79 Å². The molecule has 0 aliphatic rings. The molecule has 0 unspecified atom stereocenters. The van der Waals surface area contributed by atoms with Gasteiger partial charge < -0.3 is 9.84 Å². The Morgan fingerprint density at radius 3 is 2.38 bits per heavy atom. The number of carbonyl (C=O) groups is 1. The number of aliphatic hydroxyl groups excluding tert-OH is 1. The third-order valence-electron chi connectivity index (χ3n) is 0.397. The maximum atomic E-state index is 9.87. The quantitative estimate of drug-likeness (QED) is 0.379. The van der Waals surface area contributed by atoms with E-state index in [1.54, 1.807) is 0 Å². The van der Waals surface area contributed by atoms with Gasteiger partial charge in [-0.25, -0.2) is 0 Å². The Morgan fingerprint density at radius 2 is 2.25 bits per heavy atom. The first-order valence-corrected chi connectivity index (χ1v) is 2.01. The summed E-state index contributed by atoms with van der Waals surface area (Å²) in [6.45, 7) is 1.31. The van der Waals surface area contributed by atoms with Gasteiger partial charge >= 0.3 is 35.5 Å². The van der Waals surface area contributed by atoms with E-state index in [-0.39, 0.29) is 48.7 Å². The summed E-state index contributed by atoms with van der Waals surface area (Å²) >= 11 is 0. The number of hydrogen-bond acceptors (Lipinski definition) is 3. The third-order valence-corrected chi connectivity index (χ3v) is 0.397. The van der Waals surface area contributed by atoms with Gasteiger partial charge in [0.1, 0.15) is 6.61 Å². The molecule has 0 radical (unpaired) electrons. The first-order valence-electron chi connectivity index (χ1n) is 2.01. The van der Waals surface area contributed by atoms with Crippen LogP contribution in [0.1, 0.15) is 6.92 Å². The molecule has 0 amide bonds. The van der Waals surface area contributed by atoms with Crippen molar-refractivity contribution in [3.63, 3.8) is 0 Å². The molecule has 8 heavy (non-hydrogen) atoms. The van der Waals surface area contributed by atoms with E-state index in [4.69, 9.17) is 5.11 Å². The predicted molar refractivity (Wildman–Crippen MR) is 30.9 cm³/mol. The van der Waals surface area contributed by atoms with Gasteiger partial charge in [-0.15, -0.1) is 0 Å². The summed E-state index contributed by atoms with van der Waals surface area (Å²) in [5, 5.41) is 8.04. The fourth-order valence-corrected chi connectivity index (χ4v) is 0.189. The SMILES string of the molecule is CC(=O)OCCO.[NaH]. The van der Waals surface area contributed by atoms with E-state index in [0.717, 1.165) is 0 Å². The first kappa shape index (κ1) is 11.3. The normalized spacial score (nSPS) is 7.25.